The van der Waals surface area contributed by atoms with E-state index in [9.17, 15) is 14.0 Å². The molecule has 2 aromatic rings. The third-order valence-electron chi connectivity index (χ3n) is 4.38. The van der Waals surface area contributed by atoms with Crippen LogP contribution in [0.5, 0.6) is 0 Å². The van der Waals surface area contributed by atoms with Gasteiger partial charge in [-0.2, -0.15) is 0 Å². The average molecular weight is 510 g/mol. The largest absolute Gasteiger partial charge is 0.466 e. The number of esters is 2. The fraction of sp³-hybridized carbons (Fsp3) is 0.333. The highest BCUT2D eigenvalue weighted by molar-refractivity contribution is 9.10. The molecule has 1 aromatic heterocycles. The second kappa shape index (κ2) is 10.1. The SMILES string of the molecule is CCOC(=O)Cc1csc(C2=NC(c3ccc(F)cc3Br)C(C(=O)OCC)=C(C)N2)n1. The van der Waals surface area contributed by atoms with Crippen LogP contribution in [0.25, 0.3) is 0 Å². The molecule has 0 aliphatic carbocycles. The van der Waals surface area contributed by atoms with Crippen LogP contribution in [-0.4, -0.2) is 36.0 Å². The third kappa shape index (κ3) is 5.37. The van der Waals surface area contributed by atoms with E-state index in [1.807, 2.05) is 0 Å². The van der Waals surface area contributed by atoms with Gasteiger partial charge >= 0.3 is 11.9 Å². The maximum absolute atomic E-state index is 13.6. The topological polar surface area (TPSA) is 89.9 Å². The van der Waals surface area contributed by atoms with Crippen LogP contribution < -0.4 is 5.32 Å². The molecule has 1 aromatic carbocycles. The van der Waals surface area contributed by atoms with Gasteiger partial charge in [-0.05, 0) is 38.5 Å². The summed E-state index contributed by atoms with van der Waals surface area (Å²) >= 11 is 4.69. The van der Waals surface area contributed by atoms with E-state index in [0.29, 0.717) is 44.5 Å². The lowest BCUT2D eigenvalue weighted by molar-refractivity contribution is -0.142. The van der Waals surface area contributed by atoms with Gasteiger partial charge in [0.1, 0.15) is 11.9 Å². The Bertz CT molecular complexity index is 1070. The minimum absolute atomic E-state index is 0.0630. The Hall–Kier alpha value is -2.59. The van der Waals surface area contributed by atoms with E-state index in [1.54, 1.807) is 32.2 Å². The number of amidine groups is 1. The second-order valence-electron chi connectivity index (χ2n) is 6.56. The van der Waals surface area contributed by atoms with E-state index in [4.69, 9.17) is 14.5 Å². The van der Waals surface area contributed by atoms with Crippen molar-refractivity contribution in [3.05, 3.63) is 61.4 Å². The Kier molecular flexibility index (Phi) is 7.55. The lowest BCUT2D eigenvalue weighted by atomic mass is 9.96. The van der Waals surface area contributed by atoms with Crippen molar-refractivity contribution >= 4 is 45.0 Å². The van der Waals surface area contributed by atoms with E-state index in [0.717, 1.165) is 0 Å². The van der Waals surface area contributed by atoms with Crippen molar-refractivity contribution in [3.63, 3.8) is 0 Å². The minimum atomic E-state index is -0.720. The summed E-state index contributed by atoms with van der Waals surface area (Å²) in [7, 11) is 0. The van der Waals surface area contributed by atoms with Crippen LogP contribution in [0.2, 0.25) is 0 Å². The maximum Gasteiger partial charge on any atom is 0.338 e. The molecule has 0 radical (unpaired) electrons. The van der Waals surface area contributed by atoms with Crippen LogP contribution in [0.3, 0.4) is 0 Å². The molecule has 7 nitrogen and oxygen atoms in total. The molecular formula is C21H21BrFN3O4S. The third-order valence-corrected chi connectivity index (χ3v) is 5.96. The Morgan fingerprint density at radius 1 is 1.26 bits per heavy atom. The van der Waals surface area contributed by atoms with Crippen LogP contribution in [0.4, 0.5) is 4.39 Å². The van der Waals surface area contributed by atoms with Gasteiger partial charge < -0.3 is 14.8 Å². The number of aromatic nitrogens is 1. The molecule has 0 saturated carbocycles. The van der Waals surface area contributed by atoms with Gasteiger partial charge in [-0.25, -0.2) is 14.2 Å². The van der Waals surface area contributed by atoms with Gasteiger partial charge in [0, 0.05) is 15.5 Å². The van der Waals surface area contributed by atoms with Gasteiger partial charge in [-0.15, -0.1) is 11.3 Å². The van der Waals surface area contributed by atoms with Crippen molar-refractivity contribution in [1.29, 1.82) is 0 Å². The summed E-state index contributed by atoms with van der Waals surface area (Å²) in [6.07, 6.45) is 0.0630. The van der Waals surface area contributed by atoms with E-state index < -0.39 is 17.8 Å². The van der Waals surface area contributed by atoms with Crippen molar-refractivity contribution in [1.82, 2.24) is 10.3 Å². The predicted molar refractivity (Wildman–Crippen MR) is 118 cm³/mol. The van der Waals surface area contributed by atoms with E-state index >= 15 is 0 Å². The van der Waals surface area contributed by atoms with Crippen molar-refractivity contribution < 1.29 is 23.5 Å². The zero-order chi connectivity index (χ0) is 22.5. The van der Waals surface area contributed by atoms with E-state index in [1.165, 1.54) is 23.5 Å². The van der Waals surface area contributed by atoms with Crippen LogP contribution in [0.1, 0.15) is 43.1 Å². The zero-order valence-corrected chi connectivity index (χ0v) is 19.6. The highest BCUT2D eigenvalue weighted by Gasteiger charge is 2.32. The number of benzene rings is 1. The number of nitrogens with one attached hydrogen (secondary N) is 1. The first-order valence-electron chi connectivity index (χ1n) is 9.62. The molecule has 1 N–H and O–H groups in total. The number of allylic oxidation sites excluding steroid dienone is 1. The predicted octanol–water partition coefficient (Wildman–Crippen LogP) is 4.08. The second-order valence-corrected chi connectivity index (χ2v) is 8.27. The quantitative estimate of drug-likeness (QED) is 0.565. The number of nitrogens with zero attached hydrogens (tertiary/aromatic N) is 2. The summed E-state index contributed by atoms with van der Waals surface area (Å²) in [6.45, 7) is 5.74. The number of ether oxygens (including phenoxy) is 2. The molecule has 0 spiro atoms. The molecular weight excluding hydrogens is 489 g/mol. The summed E-state index contributed by atoms with van der Waals surface area (Å²) in [6, 6.07) is 3.50. The van der Waals surface area contributed by atoms with Gasteiger partial charge in [0.15, 0.2) is 10.8 Å². The monoisotopic (exact) mass is 509 g/mol. The number of carbonyl (C=O) groups is 2. The van der Waals surface area contributed by atoms with Crippen LogP contribution in [-0.2, 0) is 25.5 Å². The molecule has 164 valence electrons. The molecule has 3 rings (SSSR count). The molecule has 31 heavy (non-hydrogen) atoms. The number of thiazole rings is 1. The van der Waals surface area contributed by atoms with Crippen LogP contribution in [0.15, 0.2) is 44.3 Å². The number of hydrogen-bond donors (Lipinski definition) is 1. The van der Waals surface area contributed by atoms with Crippen molar-refractivity contribution in [3.8, 4) is 0 Å². The number of aliphatic imine (C=N–C) groups is 1. The minimum Gasteiger partial charge on any atom is -0.466 e. The van der Waals surface area contributed by atoms with E-state index in [2.05, 4.69) is 26.2 Å². The maximum atomic E-state index is 13.6. The molecule has 0 amide bonds. The zero-order valence-electron chi connectivity index (χ0n) is 17.2. The van der Waals surface area contributed by atoms with Gasteiger partial charge in [-0.3, -0.25) is 9.79 Å². The number of carbonyl (C=O) groups excluding carboxylic acids is 2. The van der Waals surface area contributed by atoms with Crippen LogP contribution in [0, 0.1) is 5.82 Å². The number of rotatable bonds is 7. The highest BCUT2D eigenvalue weighted by Crippen LogP contribution is 2.36. The lowest BCUT2D eigenvalue weighted by Crippen LogP contribution is -2.33. The van der Waals surface area contributed by atoms with Gasteiger partial charge in [0.05, 0.1) is 30.9 Å². The van der Waals surface area contributed by atoms with Crippen molar-refractivity contribution in [2.45, 2.75) is 33.2 Å². The van der Waals surface area contributed by atoms with Gasteiger partial charge in [0.25, 0.3) is 0 Å². The Balaban J connectivity index is 1.99. The standard InChI is InChI=1S/C21H21BrFN3O4S/c1-4-29-16(27)9-13-10-31-20(25-13)19-24-11(3)17(21(28)30-5-2)18(26-19)14-7-6-12(23)8-15(14)22/h6-8,10,18H,4-5,9H2,1-3H3,(H,24,26). The highest BCUT2D eigenvalue weighted by atomic mass is 79.9. The smallest absolute Gasteiger partial charge is 0.338 e. The lowest BCUT2D eigenvalue weighted by Gasteiger charge is -2.26. The molecule has 1 aliphatic heterocycles. The average Bonchev–Trinajstić information content (AvgIpc) is 3.16. The summed E-state index contributed by atoms with van der Waals surface area (Å²) in [5, 5.41) is 5.44. The van der Waals surface area contributed by atoms with Gasteiger partial charge in [-0.1, -0.05) is 22.0 Å². The number of hydrogen-bond acceptors (Lipinski definition) is 8. The Morgan fingerprint density at radius 3 is 2.68 bits per heavy atom. The number of halogens is 2. The Morgan fingerprint density at radius 2 is 2.00 bits per heavy atom. The molecule has 0 saturated heterocycles. The van der Waals surface area contributed by atoms with Crippen LogP contribution >= 0.6 is 27.3 Å². The first kappa shape index (κ1) is 23.1. The fourth-order valence-corrected chi connectivity index (χ4v) is 4.40. The fourth-order valence-electron chi connectivity index (χ4n) is 3.06. The van der Waals surface area contributed by atoms with E-state index in [-0.39, 0.29) is 19.0 Å². The molecule has 1 aliphatic rings. The molecule has 0 fully saturated rings. The van der Waals surface area contributed by atoms with Crippen molar-refractivity contribution in [2.75, 3.05) is 13.2 Å². The van der Waals surface area contributed by atoms with Gasteiger partial charge in [0.2, 0.25) is 0 Å². The normalized spacial score (nSPS) is 15.9. The van der Waals surface area contributed by atoms with Crippen molar-refractivity contribution in [2.24, 2.45) is 4.99 Å². The first-order valence-corrected chi connectivity index (χ1v) is 11.3. The summed E-state index contributed by atoms with van der Waals surface area (Å²) in [5.74, 6) is -0.812. The molecule has 2 heterocycles. The summed E-state index contributed by atoms with van der Waals surface area (Å²) in [4.78, 5) is 33.6. The molecule has 1 atom stereocenters. The summed E-state index contributed by atoms with van der Waals surface area (Å²) < 4.78 is 24.3. The molecule has 10 heteroatoms. The summed E-state index contributed by atoms with van der Waals surface area (Å²) in [5.41, 5.74) is 2.08. The molecule has 1 unspecified atom stereocenters. The Labute approximate surface area is 191 Å². The first-order chi connectivity index (χ1) is 14.8. The molecule has 0 bridgehead atoms.